The SMILES string of the molecule is CC#Cc1cn(-c2ccc(C(=O)O)c(O)c2)cc1OC. The van der Waals surface area contributed by atoms with E-state index in [4.69, 9.17) is 9.84 Å². The lowest BCUT2D eigenvalue weighted by atomic mass is 10.2. The number of methoxy groups -OCH3 is 1. The Labute approximate surface area is 116 Å². The van der Waals surface area contributed by atoms with Gasteiger partial charge < -0.3 is 19.5 Å². The standard InChI is InChI=1S/C15H13NO4/c1-3-4-10-8-16(9-14(10)20-2)11-5-6-12(15(18)19)13(17)7-11/h5-9,17H,1-2H3,(H,18,19). The zero-order valence-electron chi connectivity index (χ0n) is 11.0. The Morgan fingerprint density at radius 2 is 2.10 bits per heavy atom. The van der Waals surface area contributed by atoms with Gasteiger partial charge in [0, 0.05) is 18.0 Å². The van der Waals surface area contributed by atoms with E-state index in [9.17, 15) is 9.90 Å². The lowest BCUT2D eigenvalue weighted by Crippen LogP contribution is -1.98. The highest BCUT2D eigenvalue weighted by atomic mass is 16.5. The largest absolute Gasteiger partial charge is 0.507 e. The van der Waals surface area contributed by atoms with Crippen molar-refractivity contribution in [3.05, 3.63) is 41.7 Å². The predicted molar refractivity (Wildman–Crippen MR) is 73.5 cm³/mol. The molecule has 0 amide bonds. The van der Waals surface area contributed by atoms with Crippen LogP contribution in [0.2, 0.25) is 0 Å². The average molecular weight is 271 g/mol. The second-order valence-electron chi connectivity index (χ2n) is 4.03. The molecule has 0 bridgehead atoms. The van der Waals surface area contributed by atoms with Crippen molar-refractivity contribution in [3.63, 3.8) is 0 Å². The van der Waals surface area contributed by atoms with Crippen LogP contribution in [0.5, 0.6) is 11.5 Å². The number of carboxylic acid groups (broad SMARTS) is 1. The maximum Gasteiger partial charge on any atom is 0.339 e. The third-order valence-corrected chi connectivity index (χ3v) is 2.78. The number of carboxylic acids is 1. The van der Waals surface area contributed by atoms with Crippen molar-refractivity contribution in [2.45, 2.75) is 6.92 Å². The van der Waals surface area contributed by atoms with E-state index < -0.39 is 5.97 Å². The molecule has 2 rings (SSSR count). The minimum absolute atomic E-state index is 0.138. The molecule has 5 nitrogen and oxygen atoms in total. The van der Waals surface area contributed by atoms with Gasteiger partial charge in [-0.3, -0.25) is 0 Å². The molecular weight excluding hydrogens is 258 g/mol. The molecule has 0 fully saturated rings. The van der Waals surface area contributed by atoms with Gasteiger partial charge >= 0.3 is 5.97 Å². The van der Waals surface area contributed by atoms with Crippen LogP contribution in [0.15, 0.2) is 30.6 Å². The van der Waals surface area contributed by atoms with Crippen LogP contribution >= 0.6 is 0 Å². The first kappa shape index (κ1) is 13.6. The number of aromatic carboxylic acids is 1. The Morgan fingerprint density at radius 1 is 1.35 bits per heavy atom. The number of aromatic nitrogens is 1. The van der Waals surface area contributed by atoms with Crippen molar-refractivity contribution in [1.82, 2.24) is 4.57 Å². The van der Waals surface area contributed by atoms with Crippen molar-refractivity contribution < 1.29 is 19.7 Å². The molecule has 2 N–H and O–H groups in total. The summed E-state index contributed by atoms with van der Waals surface area (Å²) in [5.41, 5.74) is 1.20. The van der Waals surface area contributed by atoms with Gasteiger partial charge in [0.15, 0.2) is 5.75 Å². The van der Waals surface area contributed by atoms with E-state index in [1.165, 1.54) is 12.1 Å². The molecule has 2 aromatic rings. The predicted octanol–water partition coefficient (Wildman–Crippen LogP) is 2.26. The summed E-state index contributed by atoms with van der Waals surface area (Å²) < 4.78 is 6.92. The van der Waals surface area contributed by atoms with E-state index in [-0.39, 0.29) is 11.3 Å². The van der Waals surface area contributed by atoms with Gasteiger partial charge in [0.25, 0.3) is 0 Å². The van der Waals surface area contributed by atoms with E-state index in [0.717, 1.165) is 5.56 Å². The third kappa shape index (κ3) is 2.45. The molecule has 1 aromatic heterocycles. The minimum atomic E-state index is -1.17. The highest BCUT2D eigenvalue weighted by molar-refractivity contribution is 5.91. The topological polar surface area (TPSA) is 71.7 Å². The molecule has 20 heavy (non-hydrogen) atoms. The van der Waals surface area contributed by atoms with Crippen LogP contribution in [-0.4, -0.2) is 27.9 Å². The lowest BCUT2D eigenvalue weighted by molar-refractivity contribution is 0.0694. The van der Waals surface area contributed by atoms with Crippen LogP contribution in [0, 0.1) is 11.8 Å². The van der Waals surface area contributed by atoms with E-state index in [2.05, 4.69) is 11.8 Å². The summed E-state index contributed by atoms with van der Waals surface area (Å²) in [6.07, 6.45) is 3.47. The van der Waals surface area contributed by atoms with E-state index >= 15 is 0 Å². The molecule has 0 radical (unpaired) electrons. The average Bonchev–Trinajstić information content (AvgIpc) is 2.82. The Kier molecular flexibility index (Phi) is 3.67. The maximum absolute atomic E-state index is 10.9. The van der Waals surface area contributed by atoms with Crippen LogP contribution < -0.4 is 4.74 Å². The van der Waals surface area contributed by atoms with Gasteiger partial charge in [-0.25, -0.2) is 4.79 Å². The minimum Gasteiger partial charge on any atom is -0.507 e. The molecule has 5 heteroatoms. The van der Waals surface area contributed by atoms with Gasteiger partial charge in [-0.2, -0.15) is 0 Å². The molecule has 102 valence electrons. The number of nitrogens with zero attached hydrogens (tertiary/aromatic N) is 1. The van der Waals surface area contributed by atoms with Crippen LogP contribution in [0.4, 0.5) is 0 Å². The summed E-state index contributed by atoms with van der Waals surface area (Å²) in [7, 11) is 1.55. The van der Waals surface area contributed by atoms with Gasteiger partial charge in [0.05, 0.1) is 18.9 Å². The second-order valence-corrected chi connectivity index (χ2v) is 4.03. The number of benzene rings is 1. The van der Waals surface area contributed by atoms with Crippen LogP contribution in [-0.2, 0) is 0 Å². The van der Waals surface area contributed by atoms with Crippen LogP contribution in [0.25, 0.3) is 5.69 Å². The lowest BCUT2D eigenvalue weighted by Gasteiger charge is -2.05. The van der Waals surface area contributed by atoms with Crippen molar-refractivity contribution >= 4 is 5.97 Å². The van der Waals surface area contributed by atoms with Crippen LogP contribution in [0.3, 0.4) is 0 Å². The fourth-order valence-corrected chi connectivity index (χ4v) is 1.84. The van der Waals surface area contributed by atoms with Gasteiger partial charge in [-0.15, -0.1) is 5.92 Å². The highest BCUT2D eigenvalue weighted by Gasteiger charge is 2.12. The molecule has 1 aromatic carbocycles. The van der Waals surface area contributed by atoms with E-state index in [1.54, 1.807) is 37.1 Å². The van der Waals surface area contributed by atoms with Crippen LogP contribution in [0.1, 0.15) is 22.8 Å². The number of hydrogen-bond acceptors (Lipinski definition) is 3. The second kappa shape index (κ2) is 5.41. The zero-order valence-corrected chi connectivity index (χ0v) is 11.0. The number of ether oxygens (including phenoxy) is 1. The van der Waals surface area contributed by atoms with Gasteiger partial charge in [0.2, 0.25) is 0 Å². The van der Waals surface area contributed by atoms with Crippen molar-refractivity contribution in [1.29, 1.82) is 0 Å². The highest BCUT2D eigenvalue weighted by Crippen LogP contribution is 2.25. The summed E-state index contributed by atoms with van der Waals surface area (Å²) in [4.78, 5) is 10.9. The van der Waals surface area contributed by atoms with Crippen molar-refractivity contribution in [3.8, 4) is 29.0 Å². The fourth-order valence-electron chi connectivity index (χ4n) is 1.84. The summed E-state index contributed by atoms with van der Waals surface area (Å²) >= 11 is 0. The zero-order chi connectivity index (χ0) is 14.7. The van der Waals surface area contributed by atoms with E-state index in [1.807, 2.05) is 0 Å². The first-order valence-electron chi connectivity index (χ1n) is 5.82. The van der Waals surface area contributed by atoms with Gasteiger partial charge in [-0.1, -0.05) is 5.92 Å². The smallest absolute Gasteiger partial charge is 0.339 e. The number of carbonyl (C=O) groups is 1. The van der Waals surface area contributed by atoms with Gasteiger partial charge in [-0.05, 0) is 19.1 Å². The number of phenols is 1. The van der Waals surface area contributed by atoms with Crippen molar-refractivity contribution in [2.75, 3.05) is 7.11 Å². The first-order valence-corrected chi connectivity index (χ1v) is 5.82. The molecule has 1 heterocycles. The Balaban J connectivity index is 2.48. The summed E-state index contributed by atoms with van der Waals surface area (Å²) in [5.74, 6) is 4.85. The molecule has 0 unspecified atom stereocenters. The number of rotatable bonds is 3. The third-order valence-electron chi connectivity index (χ3n) is 2.78. The molecule has 0 spiro atoms. The maximum atomic E-state index is 10.9. The van der Waals surface area contributed by atoms with Crippen molar-refractivity contribution in [2.24, 2.45) is 0 Å². The molecule has 0 saturated carbocycles. The summed E-state index contributed by atoms with van der Waals surface area (Å²) in [6, 6.07) is 4.34. The number of aromatic hydroxyl groups is 1. The molecule has 0 atom stereocenters. The molecular formula is C15H13NO4. The first-order chi connectivity index (χ1) is 9.56. The monoisotopic (exact) mass is 271 g/mol. The summed E-state index contributed by atoms with van der Waals surface area (Å²) in [6.45, 7) is 1.73. The Bertz CT molecular complexity index is 719. The molecule has 0 aliphatic rings. The fraction of sp³-hybridized carbons (Fsp3) is 0.133. The quantitative estimate of drug-likeness (QED) is 0.840. The number of hydrogen-bond donors (Lipinski definition) is 2. The molecule has 0 aliphatic heterocycles. The normalized spacial score (nSPS) is 9.70. The van der Waals surface area contributed by atoms with E-state index in [0.29, 0.717) is 11.4 Å². The molecule has 0 aliphatic carbocycles. The Hall–Kier alpha value is -2.87. The Morgan fingerprint density at radius 3 is 2.65 bits per heavy atom. The molecule has 0 saturated heterocycles. The summed E-state index contributed by atoms with van der Waals surface area (Å²) in [5, 5.41) is 18.6. The van der Waals surface area contributed by atoms with Gasteiger partial charge in [0.1, 0.15) is 11.3 Å².